The molecule has 18 heavy (non-hydrogen) atoms. The van der Waals surface area contributed by atoms with E-state index in [0.29, 0.717) is 0 Å². The molecule has 5 nitrogen and oxygen atoms in total. The Hall–Kier alpha value is 0.0169. The fraction of sp³-hybridized carbons (Fsp3) is 1.00. The summed E-state index contributed by atoms with van der Waals surface area (Å²) >= 11 is 0. The third kappa shape index (κ3) is 4.01. The summed E-state index contributed by atoms with van der Waals surface area (Å²) in [7, 11) is 4.34. The van der Waals surface area contributed by atoms with Crippen molar-refractivity contribution >= 4 is 8.56 Å². The van der Waals surface area contributed by atoms with E-state index in [-0.39, 0.29) is 6.10 Å². The summed E-state index contributed by atoms with van der Waals surface area (Å²) in [6.45, 7) is 3.44. The van der Waals surface area contributed by atoms with Crippen LogP contribution in [0.25, 0.3) is 0 Å². The average molecular weight is 280 g/mol. The van der Waals surface area contributed by atoms with Gasteiger partial charge in [0.05, 0.1) is 0 Å². The largest absolute Gasteiger partial charge is 0.399 e. The summed E-state index contributed by atoms with van der Waals surface area (Å²) in [5.41, 5.74) is -0.630. The molecule has 6 heteroatoms. The van der Waals surface area contributed by atoms with Gasteiger partial charge in [-0.15, -0.1) is 0 Å². The highest BCUT2D eigenvalue weighted by atomic mass is 28.4. The van der Waals surface area contributed by atoms with Gasteiger partial charge in [0.1, 0.15) is 0 Å². The Morgan fingerprint density at radius 1 is 1.00 bits per heavy atom. The molecule has 1 aliphatic rings. The molecule has 1 N–H and O–H groups in total. The maximum atomic E-state index is 8.06. The number of hydrogen-bond donors (Lipinski definition) is 1. The van der Waals surface area contributed by atoms with Crippen molar-refractivity contribution in [1.29, 1.82) is 0 Å². The quantitative estimate of drug-likeness (QED) is 0.629. The second-order valence-electron chi connectivity index (χ2n) is 4.62. The van der Waals surface area contributed by atoms with Crippen LogP contribution in [0.5, 0.6) is 0 Å². The third-order valence-electron chi connectivity index (χ3n) is 3.16. The Morgan fingerprint density at radius 3 is 1.72 bits per heavy atom. The fourth-order valence-electron chi connectivity index (χ4n) is 2.29. The molecule has 110 valence electrons. The van der Waals surface area contributed by atoms with Crippen LogP contribution in [0.4, 0.5) is 0 Å². The van der Waals surface area contributed by atoms with Crippen molar-refractivity contribution < 1.29 is 23.4 Å². The number of aliphatic hydroxyl groups is 1. The van der Waals surface area contributed by atoms with Gasteiger partial charge in [0.25, 0.3) is 0 Å². The minimum Gasteiger partial charge on any atom is -0.395 e. The molecule has 0 atom stereocenters. The zero-order chi connectivity index (χ0) is 14.2. The molecule has 0 aromatic rings. The van der Waals surface area contributed by atoms with Gasteiger partial charge < -0.3 is 23.4 Å². The van der Waals surface area contributed by atoms with E-state index in [0.717, 1.165) is 25.3 Å². The van der Waals surface area contributed by atoms with Crippen LogP contribution in [0.2, 0.25) is 6.04 Å². The molecule has 0 saturated carbocycles. The Kier molecular flexibility index (Phi) is 8.25. The molecular weight excluding hydrogens is 252 g/mol. The van der Waals surface area contributed by atoms with E-state index in [1.165, 1.54) is 0 Å². The molecule has 0 aromatic heterocycles. The summed E-state index contributed by atoms with van der Waals surface area (Å²) in [4.78, 5) is 0. The lowest BCUT2D eigenvalue weighted by Gasteiger charge is -2.46. The molecule has 1 saturated heterocycles. The molecule has 1 fully saturated rings. The van der Waals surface area contributed by atoms with Crippen LogP contribution in [0.1, 0.15) is 33.1 Å². The molecule has 1 heterocycles. The maximum absolute atomic E-state index is 8.06. The first kappa shape index (κ1) is 18.0. The van der Waals surface area contributed by atoms with E-state index in [2.05, 4.69) is 0 Å². The van der Waals surface area contributed by atoms with Crippen molar-refractivity contribution in [2.24, 2.45) is 0 Å². The van der Waals surface area contributed by atoms with Crippen molar-refractivity contribution in [3.63, 3.8) is 0 Å². The van der Waals surface area contributed by atoms with Crippen LogP contribution in [-0.2, 0) is 18.3 Å². The highest BCUT2D eigenvalue weighted by molar-refractivity contribution is 6.70. The molecule has 0 radical (unpaired) electrons. The van der Waals surface area contributed by atoms with Gasteiger partial charge in [-0.05, 0) is 26.3 Å². The molecule has 0 unspecified atom stereocenters. The number of aliphatic hydroxyl groups excluding tert-OH is 1. The predicted molar refractivity (Wildman–Crippen MR) is 72.5 cm³/mol. The van der Waals surface area contributed by atoms with Crippen molar-refractivity contribution in [2.45, 2.75) is 50.7 Å². The zero-order valence-electron chi connectivity index (χ0n) is 12.5. The monoisotopic (exact) mass is 280 g/mol. The van der Waals surface area contributed by atoms with Crippen molar-refractivity contribution in [2.75, 3.05) is 28.4 Å². The third-order valence-corrected chi connectivity index (χ3v) is 7.31. The lowest BCUT2D eigenvalue weighted by Crippen LogP contribution is -2.65. The normalized spacial score (nSPS) is 21.3. The lowest BCUT2D eigenvalue weighted by molar-refractivity contribution is -0.183. The molecule has 0 spiro atoms. The molecule has 0 amide bonds. The van der Waals surface area contributed by atoms with Crippen molar-refractivity contribution in [3.8, 4) is 0 Å². The minimum absolute atomic E-state index is 0.167. The summed E-state index contributed by atoms with van der Waals surface area (Å²) in [5.74, 6) is 0. The molecular formula is C12H28O5Si. The molecule has 0 aromatic carbocycles. The van der Waals surface area contributed by atoms with Gasteiger partial charge in [0.2, 0.25) is 5.41 Å². The predicted octanol–water partition coefficient (Wildman–Crippen LogP) is 1.82. The van der Waals surface area contributed by atoms with E-state index in [1.807, 2.05) is 0 Å². The van der Waals surface area contributed by atoms with Crippen molar-refractivity contribution in [3.05, 3.63) is 0 Å². The SMILES string of the molecule is CC(C)O.COC1(OC)CCCC[Si]1(OC)OC. The highest BCUT2D eigenvalue weighted by Gasteiger charge is 2.60. The maximum Gasteiger partial charge on any atom is 0.399 e. The first-order chi connectivity index (χ1) is 8.43. The second-order valence-corrected chi connectivity index (χ2v) is 8.21. The summed E-state index contributed by atoms with van der Waals surface area (Å²) < 4.78 is 22.2. The Balaban J connectivity index is 0.000000631. The van der Waals surface area contributed by atoms with Gasteiger partial charge >= 0.3 is 8.56 Å². The van der Waals surface area contributed by atoms with E-state index in [9.17, 15) is 0 Å². The van der Waals surface area contributed by atoms with Crippen LogP contribution in [0.15, 0.2) is 0 Å². The van der Waals surface area contributed by atoms with Gasteiger partial charge in [0.15, 0.2) is 0 Å². The fourth-order valence-corrected chi connectivity index (χ4v) is 5.77. The number of rotatable bonds is 4. The van der Waals surface area contributed by atoms with E-state index in [1.54, 1.807) is 42.3 Å². The Bertz CT molecular complexity index is 192. The Labute approximate surface area is 112 Å². The molecule has 0 bridgehead atoms. The Morgan fingerprint density at radius 2 is 1.44 bits per heavy atom. The van der Waals surface area contributed by atoms with Gasteiger partial charge in [-0.2, -0.15) is 0 Å². The summed E-state index contributed by atoms with van der Waals surface area (Å²) in [6.07, 6.45) is 2.92. The minimum atomic E-state index is -2.35. The zero-order valence-corrected chi connectivity index (χ0v) is 13.5. The second kappa shape index (κ2) is 8.24. The molecule has 1 rings (SSSR count). The molecule has 0 aliphatic carbocycles. The number of hydrogen-bond acceptors (Lipinski definition) is 5. The molecule has 1 aliphatic heterocycles. The summed E-state index contributed by atoms with van der Waals surface area (Å²) in [5, 5.41) is 8.06. The van der Waals surface area contributed by atoms with Gasteiger partial charge in [-0.25, -0.2) is 0 Å². The van der Waals surface area contributed by atoms with E-state index < -0.39 is 14.0 Å². The number of methoxy groups -OCH3 is 2. The van der Waals surface area contributed by atoms with Crippen LogP contribution in [0, 0.1) is 0 Å². The smallest absolute Gasteiger partial charge is 0.395 e. The van der Waals surface area contributed by atoms with Gasteiger partial charge in [-0.3, -0.25) is 0 Å². The van der Waals surface area contributed by atoms with Crippen LogP contribution >= 0.6 is 0 Å². The van der Waals surface area contributed by atoms with Crippen LogP contribution in [0.3, 0.4) is 0 Å². The lowest BCUT2D eigenvalue weighted by atomic mass is 10.2. The highest BCUT2D eigenvalue weighted by Crippen LogP contribution is 2.40. The first-order valence-corrected chi connectivity index (χ1v) is 8.34. The van der Waals surface area contributed by atoms with E-state index >= 15 is 0 Å². The van der Waals surface area contributed by atoms with Gasteiger partial charge in [-0.1, -0.05) is 6.42 Å². The summed E-state index contributed by atoms with van der Waals surface area (Å²) in [6, 6.07) is 0.932. The van der Waals surface area contributed by atoms with Crippen LogP contribution < -0.4 is 0 Å². The van der Waals surface area contributed by atoms with Gasteiger partial charge in [0, 0.05) is 41.0 Å². The van der Waals surface area contributed by atoms with E-state index in [4.69, 9.17) is 23.4 Å². The average Bonchev–Trinajstić information content (AvgIpc) is 2.37. The number of ether oxygens (including phenoxy) is 2. The van der Waals surface area contributed by atoms with Crippen LogP contribution in [-0.4, -0.2) is 53.6 Å². The van der Waals surface area contributed by atoms with Crippen molar-refractivity contribution in [1.82, 2.24) is 0 Å². The standard InChI is InChI=1S/C9H20O4Si.C3H8O/c1-10-9(11-2)7-5-6-8-14(9,12-3)13-4;1-3(2)4/h5-8H2,1-4H3;3-4H,1-2H3. The topological polar surface area (TPSA) is 57.2 Å². The first-order valence-electron chi connectivity index (χ1n) is 6.32.